The number of hydrogen-bond acceptors (Lipinski definition) is 3. The number of amides is 1. The Bertz CT molecular complexity index is 597. The summed E-state index contributed by atoms with van der Waals surface area (Å²) in [6.45, 7) is 3.78. The van der Waals surface area contributed by atoms with Crippen LogP contribution in [0.2, 0.25) is 0 Å². The molecular weight excluding hydrogens is 259 g/mol. The third-order valence-corrected chi connectivity index (χ3v) is 2.48. The molecule has 0 aliphatic heterocycles. The van der Waals surface area contributed by atoms with Crippen LogP contribution >= 0.6 is 0 Å². The van der Waals surface area contributed by atoms with Gasteiger partial charge in [-0.3, -0.25) is 4.79 Å². The van der Waals surface area contributed by atoms with Crippen molar-refractivity contribution in [3.05, 3.63) is 54.0 Å². The number of ether oxygens (including phenoxy) is 1. The highest BCUT2D eigenvalue weighted by molar-refractivity contribution is 6.04. The van der Waals surface area contributed by atoms with Gasteiger partial charge in [-0.1, -0.05) is 12.1 Å². The Morgan fingerprint density at radius 3 is 2.60 bits per heavy atom. The van der Waals surface area contributed by atoms with E-state index >= 15 is 0 Å². The van der Waals surface area contributed by atoms with Gasteiger partial charge in [-0.15, -0.1) is 0 Å². The maximum atomic E-state index is 13.4. The zero-order chi connectivity index (χ0) is 14.5. The first kappa shape index (κ1) is 14.0. The van der Waals surface area contributed by atoms with Gasteiger partial charge in [-0.25, -0.2) is 9.37 Å². The number of nitrogens with one attached hydrogen (secondary N) is 1. The molecule has 20 heavy (non-hydrogen) atoms. The number of halogens is 1. The van der Waals surface area contributed by atoms with E-state index in [9.17, 15) is 9.18 Å². The highest BCUT2D eigenvalue weighted by atomic mass is 19.1. The topological polar surface area (TPSA) is 51.2 Å². The number of carbonyl (C=O) groups excluding carboxylic acids is 1. The van der Waals surface area contributed by atoms with Crippen molar-refractivity contribution in [3.8, 4) is 5.88 Å². The third-order valence-electron chi connectivity index (χ3n) is 2.48. The summed E-state index contributed by atoms with van der Waals surface area (Å²) in [5, 5.41) is 2.49. The zero-order valence-electron chi connectivity index (χ0n) is 11.3. The molecule has 1 aromatic heterocycles. The predicted molar refractivity (Wildman–Crippen MR) is 74.4 cm³/mol. The van der Waals surface area contributed by atoms with Crippen LogP contribution in [0.25, 0.3) is 0 Å². The first-order valence-corrected chi connectivity index (χ1v) is 6.25. The van der Waals surface area contributed by atoms with Crippen LogP contribution in [0.3, 0.4) is 0 Å². The normalized spacial score (nSPS) is 10.4. The molecule has 0 bridgehead atoms. The van der Waals surface area contributed by atoms with E-state index in [4.69, 9.17) is 4.74 Å². The molecule has 0 aliphatic rings. The minimum atomic E-state index is -0.478. The summed E-state index contributed by atoms with van der Waals surface area (Å²) >= 11 is 0. The molecule has 0 radical (unpaired) electrons. The van der Waals surface area contributed by atoms with E-state index in [2.05, 4.69) is 10.3 Å². The second-order valence-corrected chi connectivity index (χ2v) is 4.49. The van der Waals surface area contributed by atoms with Crippen molar-refractivity contribution in [3.63, 3.8) is 0 Å². The Morgan fingerprint density at radius 2 is 2.00 bits per heavy atom. The van der Waals surface area contributed by atoms with Crippen molar-refractivity contribution in [2.24, 2.45) is 0 Å². The van der Waals surface area contributed by atoms with E-state index in [0.29, 0.717) is 11.4 Å². The minimum Gasteiger partial charge on any atom is -0.475 e. The molecule has 2 rings (SSSR count). The number of rotatable bonds is 4. The molecule has 1 amide bonds. The molecule has 0 saturated heterocycles. The van der Waals surface area contributed by atoms with E-state index in [1.165, 1.54) is 18.3 Å². The maximum Gasteiger partial charge on any atom is 0.257 e. The number of nitrogens with zero attached hydrogens (tertiary/aromatic N) is 1. The van der Waals surface area contributed by atoms with Crippen molar-refractivity contribution in [2.75, 3.05) is 5.32 Å². The van der Waals surface area contributed by atoms with Gasteiger partial charge in [0.15, 0.2) is 0 Å². The van der Waals surface area contributed by atoms with Crippen molar-refractivity contribution in [1.82, 2.24) is 4.98 Å². The smallest absolute Gasteiger partial charge is 0.257 e. The monoisotopic (exact) mass is 274 g/mol. The number of anilines is 1. The molecule has 0 saturated carbocycles. The lowest BCUT2D eigenvalue weighted by Crippen LogP contribution is -2.13. The second kappa shape index (κ2) is 6.14. The first-order chi connectivity index (χ1) is 9.56. The molecule has 5 heteroatoms. The number of aromatic nitrogens is 1. The highest BCUT2D eigenvalue weighted by Crippen LogP contribution is 2.15. The summed E-state index contributed by atoms with van der Waals surface area (Å²) in [4.78, 5) is 16.0. The minimum absolute atomic E-state index is 0.0144. The fourth-order valence-corrected chi connectivity index (χ4v) is 1.58. The van der Waals surface area contributed by atoms with Crippen LogP contribution in [0.4, 0.5) is 10.1 Å². The molecule has 2 aromatic rings. The molecule has 104 valence electrons. The standard InChI is InChI=1S/C15H15FN2O2/c1-10(2)20-14-8-7-11(9-17-14)15(19)18-13-6-4-3-5-12(13)16/h3-10H,1-2H3,(H,18,19). The SMILES string of the molecule is CC(C)Oc1ccc(C(=O)Nc2ccccc2F)cn1. The predicted octanol–water partition coefficient (Wildman–Crippen LogP) is 3.26. The summed E-state index contributed by atoms with van der Waals surface area (Å²) in [6.07, 6.45) is 1.41. The Balaban J connectivity index is 2.08. The maximum absolute atomic E-state index is 13.4. The number of pyridine rings is 1. The van der Waals surface area contributed by atoms with E-state index in [1.807, 2.05) is 13.8 Å². The third kappa shape index (κ3) is 3.54. The lowest BCUT2D eigenvalue weighted by atomic mass is 10.2. The van der Waals surface area contributed by atoms with Crippen LogP contribution in [0.5, 0.6) is 5.88 Å². The Labute approximate surface area is 116 Å². The molecule has 1 heterocycles. The van der Waals surface area contributed by atoms with E-state index in [-0.39, 0.29) is 11.8 Å². The Kier molecular flexibility index (Phi) is 4.30. The highest BCUT2D eigenvalue weighted by Gasteiger charge is 2.09. The van der Waals surface area contributed by atoms with E-state index < -0.39 is 11.7 Å². The molecule has 1 aromatic carbocycles. The van der Waals surface area contributed by atoms with Crippen LogP contribution in [0, 0.1) is 5.82 Å². The molecule has 0 atom stereocenters. The van der Waals surface area contributed by atoms with Gasteiger partial charge in [0.25, 0.3) is 5.91 Å². The van der Waals surface area contributed by atoms with Gasteiger partial charge < -0.3 is 10.1 Å². The fourth-order valence-electron chi connectivity index (χ4n) is 1.58. The van der Waals surface area contributed by atoms with Crippen molar-refractivity contribution in [1.29, 1.82) is 0 Å². The second-order valence-electron chi connectivity index (χ2n) is 4.49. The number of benzene rings is 1. The lowest BCUT2D eigenvalue weighted by molar-refractivity contribution is 0.102. The first-order valence-electron chi connectivity index (χ1n) is 6.25. The fraction of sp³-hybridized carbons (Fsp3) is 0.200. The van der Waals surface area contributed by atoms with Gasteiger partial charge in [-0.2, -0.15) is 0 Å². The van der Waals surface area contributed by atoms with E-state index in [0.717, 1.165) is 0 Å². The van der Waals surface area contributed by atoms with Crippen molar-refractivity contribution < 1.29 is 13.9 Å². The van der Waals surface area contributed by atoms with Crippen molar-refractivity contribution >= 4 is 11.6 Å². The molecule has 1 N–H and O–H groups in total. The molecular formula is C15H15FN2O2. The van der Waals surface area contributed by atoms with Gasteiger partial charge in [0, 0.05) is 12.3 Å². The summed E-state index contributed by atoms with van der Waals surface area (Å²) < 4.78 is 18.8. The summed E-state index contributed by atoms with van der Waals surface area (Å²) in [7, 11) is 0. The molecule has 0 unspecified atom stereocenters. The average Bonchev–Trinajstić information content (AvgIpc) is 2.41. The van der Waals surface area contributed by atoms with Gasteiger partial charge in [0.05, 0.1) is 17.4 Å². The molecule has 4 nitrogen and oxygen atoms in total. The van der Waals surface area contributed by atoms with Crippen molar-refractivity contribution in [2.45, 2.75) is 20.0 Å². The van der Waals surface area contributed by atoms with Crippen LogP contribution in [-0.4, -0.2) is 17.0 Å². The summed E-state index contributed by atoms with van der Waals surface area (Å²) in [5.41, 5.74) is 0.476. The summed E-state index contributed by atoms with van der Waals surface area (Å²) in [5.74, 6) is -0.449. The Morgan fingerprint density at radius 1 is 1.25 bits per heavy atom. The number of hydrogen-bond donors (Lipinski definition) is 1. The molecule has 0 spiro atoms. The number of para-hydroxylation sites is 1. The van der Waals surface area contributed by atoms with Gasteiger partial charge in [-0.05, 0) is 32.0 Å². The van der Waals surface area contributed by atoms with Gasteiger partial charge in [0.1, 0.15) is 5.82 Å². The molecule has 0 fully saturated rings. The zero-order valence-corrected chi connectivity index (χ0v) is 11.3. The van der Waals surface area contributed by atoms with Crippen LogP contribution < -0.4 is 10.1 Å². The Hall–Kier alpha value is -2.43. The summed E-state index contributed by atoms with van der Waals surface area (Å²) in [6, 6.07) is 9.18. The molecule has 0 aliphatic carbocycles. The lowest BCUT2D eigenvalue weighted by Gasteiger charge is -2.09. The van der Waals surface area contributed by atoms with E-state index in [1.54, 1.807) is 24.3 Å². The van der Waals surface area contributed by atoms with Gasteiger partial charge >= 0.3 is 0 Å². The van der Waals surface area contributed by atoms with Crippen LogP contribution in [0.1, 0.15) is 24.2 Å². The quantitative estimate of drug-likeness (QED) is 0.931. The number of carbonyl (C=O) groups is 1. The average molecular weight is 274 g/mol. The van der Waals surface area contributed by atoms with Gasteiger partial charge in [0.2, 0.25) is 5.88 Å². The van der Waals surface area contributed by atoms with Crippen LogP contribution in [-0.2, 0) is 0 Å². The largest absolute Gasteiger partial charge is 0.475 e. The van der Waals surface area contributed by atoms with Crippen LogP contribution in [0.15, 0.2) is 42.6 Å².